The first-order valence-electron chi connectivity index (χ1n) is 7.50. The highest BCUT2D eigenvalue weighted by Crippen LogP contribution is 2.11. The van der Waals surface area contributed by atoms with Gasteiger partial charge >= 0.3 is 6.03 Å². The maximum atomic E-state index is 12.2. The standard InChI is InChI=1S/C16H22N4O2/c1-22-12-2-7-19-8-10-20(11-9-19)16(21)18-15-5-3-14(13-17)4-6-15/h3-6H,2,7-12H2,1H3,(H,18,21). The summed E-state index contributed by atoms with van der Waals surface area (Å²) in [5.74, 6) is 0. The fraction of sp³-hybridized carbons (Fsp3) is 0.500. The molecule has 0 unspecified atom stereocenters. The highest BCUT2D eigenvalue weighted by Gasteiger charge is 2.20. The van der Waals surface area contributed by atoms with Gasteiger partial charge in [-0.05, 0) is 30.7 Å². The predicted molar refractivity (Wildman–Crippen MR) is 84.7 cm³/mol. The van der Waals surface area contributed by atoms with Crippen LogP contribution in [0.1, 0.15) is 12.0 Å². The zero-order valence-electron chi connectivity index (χ0n) is 12.9. The Morgan fingerprint density at radius 3 is 2.55 bits per heavy atom. The summed E-state index contributed by atoms with van der Waals surface area (Å²) in [6.45, 7) is 5.04. The second-order valence-electron chi connectivity index (χ2n) is 5.29. The van der Waals surface area contributed by atoms with Crippen molar-refractivity contribution >= 4 is 11.7 Å². The molecule has 6 nitrogen and oxygen atoms in total. The van der Waals surface area contributed by atoms with E-state index < -0.39 is 0 Å². The van der Waals surface area contributed by atoms with E-state index in [0.29, 0.717) is 11.3 Å². The number of amides is 2. The van der Waals surface area contributed by atoms with Gasteiger partial charge in [0.15, 0.2) is 0 Å². The summed E-state index contributed by atoms with van der Waals surface area (Å²) in [6.07, 6.45) is 1.02. The molecular formula is C16H22N4O2. The van der Waals surface area contributed by atoms with E-state index in [4.69, 9.17) is 10.00 Å². The maximum Gasteiger partial charge on any atom is 0.321 e. The lowest BCUT2D eigenvalue weighted by atomic mass is 10.2. The number of urea groups is 1. The molecule has 118 valence electrons. The molecule has 0 radical (unpaired) electrons. The minimum Gasteiger partial charge on any atom is -0.385 e. The van der Waals surface area contributed by atoms with Gasteiger partial charge in [0.2, 0.25) is 0 Å². The molecule has 1 fully saturated rings. The number of ether oxygens (including phenoxy) is 1. The first kappa shape index (κ1) is 16.3. The Kier molecular flexibility index (Phi) is 6.19. The molecule has 1 aromatic carbocycles. The third kappa shape index (κ3) is 4.72. The number of carbonyl (C=O) groups excluding carboxylic acids is 1. The van der Waals surface area contributed by atoms with Crippen molar-refractivity contribution < 1.29 is 9.53 Å². The smallest absolute Gasteiger partial charge is 0.321 e. The van der Waals surface area contributed by atoms with E-state index in [9.17, 15) is 4.79 Å². The third-order valence-corrected chi connectivity index (χ3v) is 3.75. The number of piperazine rings is 1. The topological polar surface area (TPSA) is 68.6 Å². The van der Waals surface area contributed by atoms with Gasteiger partial charge in [-0.25, -0.2) is 4.79 Å². The number of hydrogen-bond acceptors (Lipinski definition) is 4. The maximum absolute atomic E-state index is 12.2. The van der Waals surface area contributed by atoms with Crippen LogP contribution >= 0.6 is 0 Å². The Bertz CT molecular complexity index is 516. The zero-order chi connectivity index (χ0) is 15.8. The highest BCUT2D eigenvalue weighted by molar-refractivity contribution is 5.89. The predicted octanol–water partition coefficient (Wildman–Crippen LogP) is 1.74. The fourth-order valence-corrected chi connectivity index (χ4v) is 2.44. The number of rotatable bonds is 5. The molecule has 0 atom stereocenters. The molecule has 1 saturated heterocycles. The van der Waals surface area contributed by atoms with Crippen LogP contribution in [-0.2, 0) is 4.74 Å². The number of nitrogens with zero attached hydrogens (tertiary/aromatic N) is 3. The van der Waals surface area contributed by atoms with Crippen LogP contribution in [0.15, 0.2) is 24.3 Å². The first-order chi connectivity index (χ1) is 10.7. The van der Waals surface area contributed by atoms with Crippen LogP contribution in [0.5, 0.6) is 0 Å². The van der Waals surface area contributed by atoms with Crippen molar-refractivity contribution in [1.29, 1.82) is 5.26 Å². The van der Waals surface area contributed by atoms with Gasteiger partial charge in [0.25, 0.3) is 0 Å². The van der Waals surface area contributed by atoms with Crippen molar-refractivity contribution in [1.82, 2.24) is 9.80 Å². The van der Waals surface area contributed by atoms with Crippen LogP contribution in [0.3, 0.4) is 0 Å². The van der Waals surface area contributed by atoms with E-state index in [1.54, 1.807) is 31.4 Å². The molecule has 0 spiro atoms. The molecule has 0 bridgehead atoms. The summed E-state index contributed by atoms with van der Waals surface area (Å²) < 4.78 is 5.05. The fourth-order valence-electron chi connectivity index (χ4n) is 2.44. The van der Waals surface area contributed by atoms with Crippen LogP contribution in [0.2, 0.25) is 0 Å². The molecule has 2 amide bonds. The van der Waals surface area contributed by atoms with Crippen molar-refractivity contribution in [2.45, 2.75) is 6.42 Å². The summed E-state index contributed by atoms with van der Waals surface area (Å²) in [5.41, 5.74) is 1.30. The van der Waals surface area contributed by atoms with Crippen molar-refractivity contribution in [3.05, 3.63) is 29.8 Å². The summed E-state index contributed by atoms with van der Waals surface area (Å²) in [4.78, 5) is 16.4. The number of nitrogens with one attached hydrogen (secondary N) is 1. The summed E-state index contributed by atoms with van der Waals surface area (Å²) in [7, 11) is 1.71. The molecule has 0 aliphatic carbocycles. The summed E-state index contributed by atoms with van der Waals surface area (Å²) >= 11 is 0. The van der Waals surface area contributed by atoms with Crippen molar-refractivity contribution in [3.8, 4) is 6.07 Å². The second-order valence-corrected chi connectivity index (χ2v) is 5.29. The lowest BCUT2D eigenvalue weighted by Gasteiger charge is -2.34. The molecular weight excluding hydrogens is 280 g/mol. The Hall–Kier alpha value is -2.10. The summed E-state index contributed by atoms with van der Waals surface area (Å²) in [5, 5.41) is 11.6. The van der Waals surface area contributed by atoms with Crippen molar-refractivity contribution in [2.24, 2.45) is 0 Å². The van der Waals surface area contributed by atoms with Crippen LogP contribution < -0.4 is 5.32 Å². The van der Waals surface area contributed by atoms with Gasteiger partial charge in [-0.2, -0.15) is 5.26 Å². The normalized spacial score (nSPS) is 15.4. The van der Waals surface area contributed by atoms with Crippen LogP contribution in [0.25, 0.3) is 0 Å². The molecule has 1 aromatic rings. The molecule has 2 rings (SSSR count). The average molecular weight is 302 g/mol. The van der Waals surface area contributed by atoms with Crippen molar-refractivity contribution in [2.75, 3.05) is 51.8 Å². The minimum atomic E-state index is -0.0822. The van der Waals surface area contributed by atoms with Gasteiger partial charge in [-0.15, -0.1) is 0 Å². The van der Waals surface area contributed by atoms with Crippen LogP contribution in [0.4, 0.5) is 10.5 Å². The molecule has 1 aliphatic rings. The van der Waals surface area contributed by atoms with Gasteiger partial charge in [-0.3, -0.25) is 4.90 Å². The van der Waals surface area contributed by atoms with Gasteiger partial charge in [-0.1, -0.05) is 0 Å². The van der Waals surface area contributed by atoms with Gasteiger partial charge < -0.3 is 15.0 Å². The quantitative estimate of drug-likeness (QED) is 0.841. The van der Waals surface area contributed by atoms with E-state index >= 15 is 0 Å². The average Bonchev–Trinajstić information content (AvgIpc) is 2.56. The molecule has 0 saturated carbocycles. The number of benzene rings is 1. The van der Waals surface area contributed by atoms with Gasteiger partial charge in [0, 0.05) is 52.1 Å². The third-order valence-electron chi connectivity index (χ3n) is 3.75. The van der Waals surface area contributed by atoms with Crippen LogP contribution in [0, 0.1) is 11.3 Å². The van der Waals surface area contributed by atoms with Crippen molar-refractivity contribution in [3.63, 3.8) is 0 Å². The van der Waals surface area contributed by atoms with E-state index in [1.165, 1.54) is 0 Å². The molecule has 6 heteroatoms. The van der Waals surface area contributed by atoms with E-state index in [-0.39, 0.29) is 6.03 Å². The van der Waals surface area contributed by atoms with Gasteiger partial charge in [0.1, 0.15) is 0 Å². The largest absolute Gasteiger partial charge is 0.385 e. The second kappa shape index (κ2) is 8.37. The molecule has 0 aromatic heterocycles. The summed E-state index contributed by atoms with van der Waals surface area (Å²) in [6, 6.07) is 8.87. The highest BCUT2D eigenvalue weighted by atomic mass is 16.5. The van der Waals surface area contributed by atoms with E-state index in [0.717, 1.165) is 45.8 Å². The Morgan fingerprint density at radius 2 is 1.95 bits per heavy atom. The molecule has 1 aliphatic heterocycles. The number of methoxy groups -OCH3 is 1. The molecule has 22 heavy (non-hydrogen) atoms. The molecule has 1 heterocycles. The lowest BCUT2D eigenvalue weighted by Crippen LogP contribution is -2.50. The first-order valence-corrected chi connectivity index (χ1v) is 7.50. The Morgan fingerprint density at radius 1 is 1.27 bits per heavy atom. The lowest BCUT2D eigenvalue weighted by molar-refractivity contribution is 0.130. The number of carbonyl (C=O) groups is 1. The number of nitriles is 1. The molecule has 1 N–H and O–H groups in total. The van der Waals surface area contributed by atoms with Crippen LogP contribution in [-0.4, -0.2) is 62.3 Å². The number of anilines is 1. The zero-order valence-corrected chi connectivity index (χ0v) is 12.9. The number of hydrogen-bond donors (Lipinski definition) is 1. The SMILES string of the molecule is COCCCN1CCN(C(=O)Nc2ccc(C#N)cc2)CC1. The monoisotopic (exact) mass is 302 g/mol. The minimum absolute atomic E-state index is 0.0822. The Labute approximate surface area is 131 Å². The Balaban J connectivity index is 1.76. The van der Waals surface area contributed by atoms with Gasteiger partial charge in [0.05, 0.1) is 11.6 Å². The van der Waals surface area contributed by atoms with E-state index in [1.807, 2.05) is 4.90 Å². The van der Waals surface area contributed by atoms with E-state index in [2.05, 4.69) is 16.3 Å².